The molecule has 0 spiro atoms. The first-order chi connectivity index (χ1) is 6.77. The van der Waals surface area contributed by atoms with Gasteiger partial charge in [0.15, 0.2) is 0 Å². The van der Waals surface area contributed by atoms with E-state index in [1.54, 1.807) is 7.11 Å². The SMILES string of the molecule is COc1cc(C=CCCS)ccc1C. The van der Waals surface area contributed by atoms with Gasteiger partial charge in [-0.25, -0.2) is 0 Å². The van der Waals surface area contributed by atoms with E-state index in [4.69, 9.17) is 4.74 Å². The number of thiol groups is 1. The number of methoxy groups -OCH3 is 1. The Labute approximate surface area is 91.2 Å². The van der Waals surface area contributed by atoms with Gasteiger partial charge in [0.1, 0.15) is 5.75 Å². The molecular weight excluding hydrogens is 192 g/mol. The molecular formula is C12H16OS. The molecule has 0 N–H and O–H groups in total. The van der Waals surface area contributed by atoms with Gasteiger partial charge in [0.05, 0.1) is 7.11 Å². The number of aryl methyl sites for hydroxylation is 1. The summed E-state index contributed by atoms with van der Waals surface area (Å²) in [5.41, 5.74) is 2.34. The molecule has 1 aromatic rings. The van der Waals surface area contributed by atoms with Crippen LogP contribution in [0, 0.1) is 6.92 Å². The molecule has 2 heteroatoms. The molecule has 0 amide bonds. The molecule has 0 saturated heterocycles. The average molecular weight is 208 g/mol. The third-order valence-electron chi connectivity index (χ3n) is 2.04. The lowest BCUT2D eigenvalue weighted by Crippen LogP contribution is -1.87. The van der Waals surface area contributed by atoms with Crippen LogP contribution < -0.4 is 4.74 Å². The molecule has 0 atom stereocenters. The zero-order valence-electron chi connectivity index (χ0n) is 8.66. The first kappa shape index (κ1) is 11.2. The Balaban J connectivity index is 2.79. The topological polar surface area (TPSA) is 9.23 Å². The van der Waals surface area contributed by atoms with E-state index in [0.29, 0.717) is 0 Å². The first-order valence-electron chi connectivity index (χ1n) is 4.70. The minimum Gasteiger partial charge on any atom is -0.496 e. The van der Waals surface area contributed by atoms with Crippen LogP contribution in [0.15, 0.2) is 24.3 Å². The minimum atomic E-state index is 0.888. The van der Waals surface area contributed by atoms with Gasteiger partial charge in [-0.3, -0.25) is 0 Å². The summed E-state index contributed by atoms with van der Waals surface area (Å²) in [6, 6.07) is 6.20. The van der Waals surface area contributed by atoms with Crippen molar-refractivity contribution in [3.63, 3.8) is 0 Å². The van der Waals surface area contributed by atoms with E-state index in [1.165, 1.54) is 11.1 Å². The molecule has 1 nitrogen and oxygen atoms in total. The Morgan fingerprint density at radius 3 is 2.86 bits per heavy atom. The van der Waals surface area contributed by atoms with Crippen molar-refractivity contribution in [3.8, 4) is 5.75 Å². The molecule has 0 aliphatic carbocycles. The van der Waals surface area contributed by atoms with Gasteiger partial charge in [-0.05, 0) is 36.3 Å². The molecule has 0 radical (unpaired) electrons. The Bertz CT molecular complexity index is 318. The fourth-order valence-electron chi connectivity index (χ4n) is 1.23. The molecule has 76 valence electrons. The van der Waals surface area contributed by atoms with E-state index in [-0.39, 0.29) is 0 Å². The second-order valence-corrected chi connectivity index (χ2v) is 3.59. The summed E-state index contributed by atoms with van der Waals surface area (Å²) in [7, 11) is 1.70. The normalized spacial score (nSPS) is 10.8. The summed E-state index contributed by atoms with van der Waals surface area (Å²) in [4.78, 5) is 0. The van der Waals surface area contributed by atoms with Crippen molar-refractivity contribution >= 4 is 18.7 Å². The molecule has 0 aliphatic heterocycles. The highest BCUT2D eigenvalue weighted by molar-refractivity contribution is 7.80. The molecule has 0 aliphatic rings. The number of hydrogen-bond acceptors (Lipinski definition) is 2. The van der Waals surface area contributed by atoms with Crippen molar-refractivity contribution in [2.45, 2.75) is 13.3 Å². The largest absolute Gasteiger partial charge is 0.496 e. The van der Waals surface area contributed by atoms with Crippen LogP contribution in [0.4, 0.5) is 0 Å². The van der Waals surface area contributed by atoms with E-state index in [9.17, 15) is 0 Å². The molecule has 0 bridgehead atoms. The fraction of sp³-hybridized carbons (Fsp3) is 0.333. The van der Waals surface area contributed by atoms with E-state index in [1.807, 2.05) is 13.0 Å². The van der Waals surface area contributed by atoms with Crippen LogP contribution in [-0.4, -0.2) is 12.9 Å². The zero-order chi connectivity index (χ0) is 10.4. The fourth-order valence-corrected chi connectivity index (χ4v) is 1.38. The van der Waals surface area contributed by atoms with Gasteiger partial charge in [-0.2, -0.15) is 12.6 Å². The molecule has 0 unspecified atom stereocenters. The molecule has 1 rings (SSSR count). The van der Waals surface area contributed by atoms with E-state index >= 15 is 0 Å². The maximum absolute atomic E-state index is 5.24. The molecule has 0 fully saturated rings. The van der Waals surface area contributed by atoms with E-state index in [2.05, 4.69) is 36.9 Å². The lowest BCUT2D eigenvalue weighted by Gasteiger charge is -2.04. The standard InChI is InChI=1S/C12H16OS/c1-10-6-7-11(5-3-4-8-14)9-12(10)13-2/h3,5-7,9,14H,4,8H2,1-2H3. The molecule has 14 heavy (non-hydrogen) atoms. The van der Waals surface area contributed by atoms with Crippen LogP contribution in [0.25, 0.3) is 6.08 Å². The molecule has 0 aromatic heterocycles. The maximum atomic E-state index is 5.24. The third kappa shape index (κ3) is 3.11. The number of hydrogen-bond donors (Lipinski definition) is 1. The Kier molecular flexibility index (Phi) is 4.60. The summed E-state index contributed by atoms with van der Waals surface area (Å²) < 4.78 is 5.24. The Morgan fingerprint density at radius 1 is 1.43 bits per heavy atom. The summed E-state index contributed by atoms with van der Waals surface area (Å²) in [5.74, 6) is 1.83. The molecule has 0 heterocycles. The van der Waals surface area contributed by atoms with Crippen LogP contribution >= 0.6 is 12.6 Å². The second-order valence-electron chi connectivity index (χ2n) is 3.14. The predicted molar refractivity (Wildman–Crippen MR) is 65.2 cm³/mol. The highest BCUT2D eigenvalue weighted by atomic mass is 32.1. The molecule has 0 saturated carbocycles. The quantitative estimate of drug-likeness (QED) is 0.747. The smallest absolute Gasteiger partial charge is 0.122 e. The van der Waals surface area contributed by atoms with Crippen molar-refractivity contribution in [3.05, 3.63) is 35.4 Å². The number of benzene rings is 1. The van der Waals surface area contributed by atoms with Crippen molar-refractivity contribution in [1.82, 2.24) is 0 Å². The van der Waals surface area contributed by atoms with E-state index in [0.717, 1.165) is 17.9 Å². The highest BCUT2D eigenvalue weighted by Gasteiger charge is 1.96. The van der Waals surface area contributed by atoms with Crippen LogP contribution in [-0.2, 0) is 0 Å². The van der Waals surface area contributed by atoms with Gasteiger partial charge in [0.25, 0.3) is 0 Å². The van der Waals surface area contributed by atoms with Crippen LogP contribution in [0.1, 0.15) is 17.5 Å². The lowest BCUT2D eigenvalue weighted by atomic mass is 10.1. The third-order valence-corrected chi connectivity index (χ3v) is 2.30. The van der Waals surface area contributed by atoms with Crippen molar-refractivity contribution in [2.24, 2.45) is 0 Å². The number of ether oxygens (including phenoxy) is 1. The van der Waals surface area contributed by atoms with Gasteiger partial charge in [-0.15, -0.1) is 0 Å². The van der Waals surface area contributed by atoms with Crippen molar-refractivity contribution < 1.29 is 4.74 Å². The second kappa shape index (κ2) is 5.76. The van der Waals surface area contributed by atoms with Crippen molar-refractivity contribution in [2.75, 3.05) is 12.9 Å². The van der Waals surface area contributed by atoms with Crippen LogP contribution in [0.3, 0.4) is 0 Å². The number of rotatable bonds is 4. The average Bonchev–Trinajstić information content (AvgIpc) is 2.21. The van der Waals surface area contributed by atoms with Crippen LogP contribution in [0.2, 0.25) is 0 Å². The van der Waals surface area contributed by atoms with Gasteiger partial charge < -0.3 is 4.74 Å². The number of allylic oxidation sites excluding steroid dienone is 1. The Hall–Kier alpha value is -0.890. The first-order valence-corrected chi connectivity index (χ1v) is 5.33. The highest BCUT2D eigenvalue weighted by Crippen LogP contribution is 2.19. The summed E-state index contributed by atoms with van der Waals surface area (Å²) in [5, 5.41) is 0. The maximum Gasteiger partial charge on any atom is 0.122 e. The Morgan fingerprint density at radius 2 is 2.21 bits per heavy atom. The predicted octanol–water partition coefficient (Wildman–Crippen LogP) is 3.34. The summed E-state index contributed by atoms with van der Waals surface area (Å²) >= 11 is 4.15. The van der Waals surface area contributed by atoms with Gasteiger partial charge >= 0.3 is 0 Å². The van der Waals surface area contributed by atoms with Crippen LogP contribution in [0.5, 0.6) is 5.75 Å². The van der Waals surface area contributed by atoms with Gasteiger partial charge in [0.2, 0.25) is 0 Å². The van der Waals surface area contributed by atoms with Crippen molar-refractivity contribution in [1.29, 1.82) is 0 Å². The minimum absolute atomic E-state index is 0.888. The lowest BCUT2D eigenvalue weighted by molar-refractivity contribution is 0.411. The zero-order valence-corrected chi connectivity index (χ0v) is 9.55. The van der Waals surface area contributed by atoms with Gasteiger partial charge in [0, 0.05) is 0 Å². The van der Waals surface area contributed by atoms with Gasteiger partial charge in [-0.1, -0.05) is 24.3 Å². The summed E-state index contributed by atoms with van der Waals surface area (Å²) in [6.07, 6.45) is 5.22. The molecule has 1 aromatic carbocycles. The summed E-state index contributed by atoms with van der Waals surface area (Å²) in [6.45, 7) is 2.04. The monoisotopic (exact) mass is 208 g/mol. The van der Waals surface area contributed by atoms with E-state index < -0.39 is 0 Å².